The number of halogens is 1. The van der Waals surface area contributed by atoms with Crippen molar-refractivity contribution in [2.45, 2.75) is 38.6 Å². The molecule has 0 spiro atoms. The predicted octanol–water partition coefficient (Wildman–Crippen LogP) is 4.57. The average molecular weight is 387 g/mol. The molecule has 0 aliphatic carbocycles. The number of benzene rings is 1. The van der Waals surface area contributed by atoms with Crippen LogP contribution in [0.2, 0.25) is 5.02 Å². The van der Waals surface area contributed by atoms with E-state index in [9.17, 15) is 4.79 Å². The summed E-state index contributed by atoms with van der Waals surface area (Å²) < 4.78 is 2.16. The van der Waals surface area contributed by atoms with Gasteiger partial charge in [0.2, 0.25) is 5.91 Å². The number of anilines is 1. The molecule has 1 N–H and O–H groups in total. The van der Waals surface area contributed by atoms with Crippen molar-refractivity contribution in [3.05, 3.63) is 51.4 Å². The third-order valence-corrected chi connectivity index (χ3v) is 5.72. The van der Waals surface area contributed by atoms with Crippen LogP contribution in [-0.2, 0) is 24.2 Å². The summed E-state index contributed by atoms with van der Waals surface area (Å²) in [6.45, 7) is 0.906. The molecule has 3 heterocycles. The molecule has 1 aliphatic rings. The van der Waals surface area contributed by atoms with Crippen LogP contribution in [0.1, 0.15) is 30.0 Å². The Bertz CT molecular complexity index is 920. The summed E-state index contributed by atoms with van der Waals surface area (Å²) in [6.07, 6.45) is 4.78. The molecular weight excluding hydrogens is 368 g/mol. The molecule has 2 aromatic heterocycles. The second kappa shape index (κ2) is 7.60. The summed E-state index contributed by atoms with van der Waals surface area (Å²) in [5.74, 6) is 1.75. The van der Waals surface area contributed by atoms with Crippen LogP contribution in [0, 0.1) is 0 Å². The standard InChI is InChI=1S/C19H19ClN4OS/c20-16-8-7-13(21-18(25)12-14-5-4-10-26-14)11-15(16)19-23-22-17-6-2-1-3-9-24(17)19/h4-5,7-8,10-11H,1-3,6,9,12H2,(H,21,25). The van der Waals surface area contributed by atoms with Crippen LogP contribution in [0.3, 0.4) is 0 Å². The van der Waals surface area contributed by atoms with Gasteiger partial charge in [-0.15, -0.1) is 21.5 Å². The fourth-order valence-corrected chi connectivity index (χ4v) is 4.14. The van der Waals surface area contributed by atoms with Crippen LogP contribution in [0.25, 0.3) is 11.4 Å². The SMILES string of the molecule is O=C(Cc1cccs1)Nc1ccc(Cl)c(-c2nnc3n2CCCCC3)c1. The third-order valence-electron chi connectivity index (χ3n) is 4.52. The first-order valence-electron chi connectivity index (χ1n) is 8.75. The molecule has 0 saturated heterocycles. The van der Waals surface area contributed by atoms with Gasteiger partial charge in [0, 0.05) is 29.1 Å². The molecule has 0 fully saturated rings. The lowest BCUT2D eigenvalue weighted by atomic mass is 10.1. The van der Waals surface area contributed by atoms with Gasteiger partial charge in [-0.2, -0.15) is 0 Å². The van der Waals surface area contributed by atoms with Crippen molar-refractivity contribution in [2.24, 2.45) is 0 Å². The highest BCUT2D eigenvalue weighted by Gasteiger charge is 2.18. The molecular formula is C19H19ClN4OS. The Hall–Kier alpha value is -2.18. The predicted molar refractivity (Wildman–Crippen MR) is 105 cm³/mol. The number of aryl methyl sites for hydroxylation is 1. The quantitative estimate of drug-likeness (QED) is 0.714. The molecule has 7 heteroatoms. The van der Waals surface area contributed by atoms with Crippen molar-refractivity contribution in [2.75, 3.05) is 5.32 Å². The first-order valence-corrected chi connectivity index (χ1v) is 10.0. The maximum Gasteiger partial charge on any atom is 0.229 e. The van der Waals surface area contributed by atoms with Crippen molar-refractivity contribution in [1.82, 2.24) is 14.8 Å². The molecule has 0 bridgehead atoms. The van der Waals surface area contributed by atoms with Crippen LogP contribution in [0.15, 0.2) is 35.7 Å². The summed E-state index contributed by atoms with van der Waals surface area (Å²) in [6, 6.07) is 9.42. The Labute approximate surface area is 161 Å². The third kappa shape index (κ3) is 3.66. The van der Waals surface area contributed by atoms with E-state index >= 15 is 0 Å². The largest absolute Gasteiger partial charge is 0.326 e. The lowest BCUT2D eigenvalue weighted by molar-refractivity contribution is -0.115. The van der Waals surface area contributed by atoms with E-state index in [-0.39, 0.29) is 5.91 Å². The molecule has 1 amide bonds. The van der Waals surface area contributed by atoms with E-state index in [4.69, 9.17) is 11.6 Å². The smallest absolute Gasteiger partial charge is 0.229 e. The Morgan fingerprint density at radius 2 is 2.15 bits per heavy atom. The van der Waals surface area contributed by atoms with Gasteiger partial charge in [0.1, 0.15) is 5.82 Å². The molecule has 26 heavy (non-hydrogen) atoms. The Balaban J connectivity index is 1.59. The number of carbonyl (C=O) groups excluding carboxylic acids is 1. The Kier molecular flexibility index (Phi) is 5.04. The molecule has 134 valence electrons. The van der Waals surface area contributed by atoms with Gasteiger partial charge in [0.15, 0.2) is 5.82 Å². The summed E-state index contributed by atoms with van der Waals surface area (Å²) in [5, 5.41) is 14.3. The molecule has 0 radical (unpaired) electrons. The van der Waals surface area contributed by atoms with Gasteiger partial charge in [-0.25, -0.2) is 0 Å². The molecule has 5 nitrogen and oxygen atoms in total. The van der Waals surface area contributed by atoms with Gasteiger partial charge in [-0.05, 0) is 42.5 Å². The lowest BCUT2D eigenvalue weighted by Gasteiger charge is -2.11. The van der Waals surface area contributed by atoms with Crippen molar-refractivity contribution in [3.63, 3.8) is 0 Å². The number of aromatic nitrogens is 3. The molecule has 3 aromatic rings. The number of thiophene rings is 1. The topological polar surface area (TPSA) is 59.8 Å². The van der Waals surface area contributed by atoms with Crippen LogP contribution in [0.5, 0.6) is 0 Å². The highest BCUT2D eigenvalue weighted by Crippen LogP contribution is 2.31. The maximum atomic E-state index is 12.3. The molecule has 0 atom stereocenters. The van der Waals surface area contributed by atoms with Crippen LogP contribution < -0.4 is 5.32 Å². The second-order valence-corrected chi connectivity index (χ2v) is 7.84. The number of amides is 1. The zero-order valence-electron chi connectivity index (χ0n) is 14.2. The highest BCUT2D eigenvalue weighted by molar-refractivity contribution is 7.10. The van der Waals surface area contributed by atoms with E-state index in [0.717, 1.165) is 53.6 Å². The lowest BCUT2D eigenvalue weighted by Crippen LogP contribution is -2.13. The number of fused-ring (bicyclic) bond motifs is 1. The van der Waals surface area contributed by atoms with Crippen molar-refractivity contribution >= 4 is 34.5 Å². The summed E-state index contributed by atoms with van der Waals surface area (Å²) >= 11 is 8.01. The number of nitrogens with one attached hydrogen (secondary N) is 1. The zero-order chi connectivity index (χ0) is 17.9. The summed E-state index contributed by atoms with van der Waals surface area (Å²) in [7, 11) is 0. The molecule has 4 rings (SSSR count). The summed E-state index contributed by atoms with van der Waals surface area (Å²) in [5.41, 5.74) is 1.53. The average Bonchev–Trinajstić information content (AvgIpc) is 3.21. The molecule has 1 aliphatic heterocycles. The highest BCUT2D eigenvalue weighted by atomic mass is 35.5. The minimum Gasteiger partial charge on any atom is -0.326 e. The minimum atomic E-state index is -0.0409. The van der Waals surface area contributed by atoms with E-state index in [1.165, 1.54) is 6.42 Å². The van der Waals surface area contributed by atoms with Gasteiger partial charge in [0.25, 0.3) is 0 Å². The van der Waals surface area contributed by atoms with Crippen molar-refractivity contribution < 1.29 is 4.79 Å². The number of rotatable bonds is 4. The number of nitrogens with zero attached hydrogens (tertiary/aromatic N) is 3. The van der Waals surface area contributed by atoms with Crippen LogP contribution in [0.4, 0.5) is 5.69 Å². The van der Waals surface area contributed by atoms with E-state index in [1.54, 1.807) is 17.4 Å². The molecule has 1 aromatic carbocycles. The minimum absolute atomic E-state index is 0.0409. The number of hydrogen-bond donors (Lipinski definition) is 1. The first kappa shape index (κ1) is 17.2. The number of hydrogen-bond acceptors (Lipinski definition) is 4. The fourth-order valence-electron chi connectivity index (χ4n) is 3.24. The molecule has 0 unspecified atom stereocenters. The molecule has 0 saturated carbocycles. The Morgan fingerprint density at radius 3 is 3.00 bits per heavy atom. The van der Waals surface area contributed by atoms with Gasteiger partial charge in [-0.3, -0.25) is 4.79 Å². The van der Waals surface area contributed by atoms with E-state index in [0.29, 0.717) is 11.4 Å². The van der Waals surface area contributed by atoms with Gasteiger partial charge in [-0.1, -0.05) is 24.1 Å². The second-order valence-electron chi connectivity index (χ2n) is 6.40. The van der Waals surface area contributed by atoms with Gasteiger partial charge < -0.3 is 9.88 Å². The van der Waals surface area contributed by atoms with E-state index in [2.05, 4.69) is 20.1 Å². The van der Waals surface area contributed by atoms with Crippen molar-refractivity contribution in [3.8, 4) is 11.4 Å². The maximum absolute atomic E-state index is 12.3. The van der Waals surface area contributed by atoms with Crippen LogP contribution >= 0.6 is 22.9 Å². The Morgan fingerprint density at radius 1 is 1.23 bits per heavy atom. The monoisotopic (exact) mass is 386 g/mol. The zero-order valence-corrected chi connectivity index (χ0v) is 15.8. The van der Waals surface area contributed by atoms with Crippen molar-refractivity contribution in [1.29, 1.82) is 0 Å². The number of carbonyl (C=O) groups is 1. The van der Waals surface area contributed by atoms with E-state index in [1.807, 2.05) is 29.6 Å². The van der Waals surface area contributed by atoms with Gasteiger partial charge >= 0.3 is 0 Å². The summed E-state index contributed by atoms with van der Waals surface area (Å²) in [4.78, 5) is 13.3. The van der Waals surface area contributed by atoms with Crippen LogP contribution in [-0.4, -0.2) is 20.7 Å². The normalized spacial score (nSPS) is 13.9. The van der Waals surface area contributed by atoms with Gasteiger partial charge in [0.05, 0.1) is 11.4 Å². The van der Waals surface area contributed by atoms with E-state index < -0.39 is 0 Å². The fraction of sp³-hybridized carbons (Fsp3) is 0.316. The first-order chi connectivity index (χ1) is 12.7.